The molecule has 2 aliphatic rings. The van der Waals surface area contributed by atoms with E-state index in [0.717, 1.165) is 38.0 Å². The summed E-state index contributed by atoms with van der Waals surface area (Å²) in [7, 11) is 0. The Labute approximate surface area is 148 Å². The van der Waals surface area contributed by atoms with Crippen LogP contribution in [-0.2, 0) is 11.2 Å². The highest BCUT2D eigenvalue weighted by Gasteiger charge is 2.33. The van der Waals surface area contributed by atoms with Gasteiger partial charge in [0.1, 0.15) is 0 Å². The van der Waals surface area contributed by atoms with E-state index in [1.54, 1.807) is 6.20 Å². The number of hydrogen-bond acceptors (Lipinski definition) is 4. The molecule has 25 heavy (non-hydrogen) atoms. The summed E-state index contributed by atoms with van der Waals surface area (Å²) in [5.74, 6) is -0.0375. The number of fused-ring (bicyclic) bond motifs is 2. The second kappa shape index (κ2) is 7.23. The van der Waals surface area contributed by atoms with E-state index in [1.165, 1.54) is 5.69 Å². The normalized spacial score (nSPS) is 22.0. The van der Waals surface area contributed by atoms with Crippen molar-refractivity contribution in [2.24, 2.45) is 0 Å². The van der Waals surface area contributed by atoms with Crippen LogP contribution in [0.3, 0.4) is 0 Å². The van der Waals surface area contributed by atoms with Crippen molar-refractivity contribution in [2.75, 3.05) is 24.5 Å². The second-order valence-corrected chi connectivity index (χ2v) is 6.74. The highest BCUT2D eigenvalue weighted by Crippen LogP contribution is 2.29. The number of ether oxygens (including phenoxy) is 1. The summed E-state index contributed by atoms with van der Waals surface area (Å²) in [6, 6.07) is 13.7. The lowest BCUT2D eigenvalue weighted by Gasteiger charge is -2.33. The monoisotopic (exact) mass is 337 g/mol. The molecule has 130 valence electrons. The van der Waals surface area contributed by atoms with E-state index in [1.807, 2.05) is 42.5 Å². The molecule has 2 fully saturated rings. The molecule has 0 saturated carbocycles. The topological polar surface area (TPSA) is 54.5 Å². The van der Waals surface area contributed by atoms with E-state index < -0.39 is 0 Å². The van der Waals surface area contributed by atoms with Gasteiger partial charge in [0.15, 0.2) is 0 Å². The van der Waals surface area contributed by atoms with Crippen LogP contribution in [0.1, 0.15) is 28.9 Å². The summed E-state index contributed by atoms with van der Waals surface area (Å²) in [4.78, 5) is 18.9. The molecule has 1 aromatic carbocycles. The molecule has 2 unspecified atom stereocenters. The van der Waals surface area contributed by atoms with Crippen molar-refractivity contribution < 1.29 is 9.53 Å². The minimum atomic E-state index is -0.0375. The van der Waals surface area contributed by atoms with Crippen LogP contribution in [0.25, 0.3) is 0 Å². The molecule has 2 saturated heterocycles. The largest absolute Gasteiger partial charge is 0.371 e. The molecule has 2 atom stereocenters. The second-order valence-electron chi connectivity index (χ2n) is 6.74. The van der Waals surface area contributed by atoms with Gasteiger partial charge in [0.05, 0.1) is 12.2 Å². The molecule has 0 spiro atoms. The summed E-state index contributed by atoms with van der Waals surface area (Å²) in [5, 5.41) is 2.96. The summed E-state index contributed by atoms with van der Waals surface area (Å²) < 4.78 is 5.88. The van der Waals surface area contributed by atoms with Crippen molar-refractivity contribution >= 4 is 11.6 Å². The Morgan fingerprint density at radius 3 is 2.56 bits per heavy atom. The number of carbonyl (C=O) groups is 1. The Hall–Kier alpha value is -2.40. The van der Waals surface area contributed by atoms with Gasteiger partial charge in [0.25, 0.3) is 5.91 Å². The van der Waals surface area contributed by atoms with Gasteiger partial charge in [0, 0.05) is 49.2 Å². The third kappa shape index (κ3) is 3.82. The molecule has 2 aromatic rings. The van der Waals surface area contributed by atoms with E-state index in [0.29, 0.717) is 24.3 Å². The predicted octanol–water partition coefficient (Wildman–Crippen LogP) is 2.42. The third-order valence-corrected chi connectivity index (χ3v) is 4.93. The average molecular weight is 337 g/mol. The van der Waals surface area contributed by atoms with E-state index in [4.69, 9.17) is 4.74 Å². The molecule has 4 rings (SSSR count). The van der Waals surface area contributed by atoms with E-state index in [2.05, 4.69) is 15.2 Å². The number of anilines is 1. The number of nitrogens with zero attached hydrogens (tertiary/aromatic N) is 2. The summed E-state index contributed by atoms with van der Waals surface area (Å²) in [6.45, 7) is 2.49. The maximum atomic E-state index is 12.3. The molecule has 1 amide bonds. The fourth-order valence-corrected chi connectivity index (χ4v) is 3.60. The number of nitrogens with one attached hydrogen (secondary N) is 1. The third-order valence-electron chi connectivity index (χ3n) is 4.93. The van der Waals surface area contributed by atoms with Crippen LogP contribution < -0.4 is 10.2 Å². The van der Waals surface area contributed by atoms with Crippen LogP contribution in [-0.4, -0.2) is 42.7 Å². The standard InChI is InChI=1S/C20H23N3O2/c24-20(22-12-10-16-3-1-2-11-21-16)15-4-6-17(7-5-15)23-13-18-8-9-19(14-23)25-18/h1-7,11,18-19H,8-10,12-14H2,(H,22,24). The Balaban J connectivity index is 1.31. The Bertz CT molecular complexity index is 705. The van der Waals surface area contributed by atoms with Crippen LogP contribution in [0.4, 0.5) is 5.69 Å². The van der Waals surface area contributed by atoms with E-state index >= 15 is 0 Å². The van der Waals surface area contributed by atoms with Crippen LogP contribution in [0.5, 0.6) is 0 Å². The molecule has 1 N–H and O–H groups in total. The summed E-state index contributed by atoms with van der Waals surface area (Å²) in [5.41, 5.74) is 2.85. The first-order valence-corrected chi connectivity index (χ1v) is 8.96. The van der Waals surface area contributed by atoms with Gasteiger partial charge in [0.2, 0.25) is 0 Å². The van der Waals surface area contributed by atoms with Gasteiger partial charge in [-0.25, -0.2) is 0 Å². The maximum absolute atomic E-state index is 12.3. The van der Waals surface area contributed by atoms with Crippen LogP contribution >= 0.6 is 0 Å². The molecule has 1 aromatic heterocycles. The van der Waals surface area contributed by atoms with E-state index in [-0.39, 0.29) is 5.91 Å². The Kier molecular flexibility index (Phi) is 4.65. The number of aromatic nitrogens is 1. The predicted molar refractivity (Wildman–Crippen MR) is 96.8 cm³/mol. The average Bonchev–Trinajstić information content (AvgIpc) is 3.00. The van der Waals surface area contributed by atoms with Gasteiger partial charge in [-0.2, -0.15) is 0 Å². The van der Waals surface area contributed by atoms with Gasteiger partial charge in [-0.3, -0.25) is 9.78 Å². The fourth-order valence-electron chi connectivity index (χ4n) is 3.60. The number of rotatable bonds is 5. The number of benzene rings is 1. The molecular formula is C20H23N3O2. The summed E-state index contributed by atoms with van der Waals surface area (Å²) in [6.07, 6.45) is 5.58. The van der Waals surface area contributed by atoms with Gasteiger partial charge in [-0.1, -0.05) is 6.07 Å². The lowest BCUT2D eigenvalue weighted by atomic mass is 10.1. The van der Waals surface area contributed by atoms with Crippen molar-refractivity contribution in [3.05, 3.63) is 59.9 Å². The number of morpholine rings is 1. The molecule has 0 aliphatic carbocycles. The maximum Gasteiger partial charge on any atom is 0.251 e. The highest BCUT2D eigenvalue weighted by atomic mass is 16.5. The zero-order valence-electron chi connectivity index (χ0n) is 14.2. The van der Waals surface area contributed by atoms with Crippen LogP contribution in [0, 0.1) is 0 Å². The fraction of sp³-hybridized carbons (Fsp3) is 0.400. The van der Waals surface area contributed by atoms with Crippen molar-refractivity contribution in [3.8, 4) is 0 Å². The number of carbonyl (C=O) groups excluding carboxylic acids is 1. The number of amides is 1. The van der Waals surface area contributed by atoms with E-state index in [9.17, 15) is 4.79 Å². The van der Waals surface area contributed by atoms with Crippen molar-refractivity contribution in [2.45, 2.75) is 31.5 Å². The lowest BCUT2D eigenvalue weighted by molar-refractivity contribution is 0.0305. The molecule has 5 heteroatoms. The smallest absolute Gasteiger partial charge is 0.251 e. The minimum Gasteiger partial charge on any atom is -0.371 e. The molecule has 5 nitrogen and oxygen atoms in total. The lowest BCUT2D eigenvalue weighted by Crippen LogP contribution is -2.42. The van der Waals surface area contributed by atoms with Crippen molar-refractivity contribution in [3.63, 3.8) is 0 Å². The zero-order chi connectivity index (χ0) is 17.1. The molecule has 2 bridgehead atoms. The summed E-state index contributed by atoms with van der Waals surface area (Å²) >= 11 is 0. The molecule has 2 aliphatic heterocycles. The quantitative estimate of drug-likeness (QED) is 0.910. The molecule has 0 radical (unpaired) electrons. The zero-order valence-corrected chi connectivity index (χ0v) is 14.2. The molecule has 3 heterocycles. The van der Waals surface area contributed by atoms with Crippen molar-refractivity contribution in [1.82, 2.24) is 10.3 Å². The Morgan fingerprint density at radius 1 is 1.12 bits per heavy atom. The molecular weight excluding hydrogens is 314 g/mol. The first-order valence-electron chi connectivity index (χ1n) is 8.96. The van der Waals surface area contributed by atoms with Gasteiger partial charge in [-0.05, 0) is 49.2 Å². The van der Waals surface area contributed by atoms with Gasteiger partial charge in [-0.15, -0.1) is 0 Å². The SMILES string of the molecule is O=C(NCCc1ccccn1)c1ccc(N2CC3CCC(C2)O3)cc1. The minimum absolute atomic E-state index is 0.0375. The Morgan fingerprint density at radius 2 is 1.88 bits per heavy atom. The highest BCUT2D eigenvalue weighted by molar-refractivity contribution is 5.94. The van der Waals surface area contributed by atoms with Gasteiger partial charge < -0.3 is 15.0 Å². The van der Waals surface area contributed by atoms with Gasteiger partial charge >= 0.3 is 0 Å². The number of hydrogen-bond donors (Lipinski definition) is 1. The van der Waals surface area contributed by atoms with Crippen LogP contribution in [0.15, 0.2) is 48.7 Å². The van der Waals surface area contributed by atoms with Crippen molar-refractivity contribution in [1.29, 1.82) is 0 Å². The first kappa shape index (κ1) is 16.1. The van der Waals surface area contributed by atoms with Crippen LogP contribution in [0.2, 0.25) is 0 Å². The number of pyridine rings is 1. The first-order chi connectivity index (χ1) is 12.3.